The molecular formula is C22H20BrF2N5O4. The summed E-state index contributed by atoms with van der Waals surface area (Å²) in [5.74, 6) is 2.75. The summed E-state index contributed by atoms with van der Waals surface area (Å²) in [4.78, 5) is 12.3. The molecule has 3 N–H and O–H groups in total. The number of halogens is 3. The Morgan fingerprint density at radius 3 is 2.71 bits per heavy atom. The number of carbonyl (C=O) groups is 1. The van der Waals surface area contributed by atoms with Crippen molar-refractivity contribution in [2.45, 2.75) is 37.1 Å². The number of nitrogens with one attached hydrogen (secondary N) is 1. The lowest BCUT2D eigenvalue weighted by Gasteiger charge is -2.45. The number of aromatic nitrogens is 3. The van der Waals surface area contributed by atoms with Gasteiger partial charge < -0.3 is 14.2 Å². The molecule has 5 atom stereocenters. The number of amides is 1. The van der Waals surface area contributed by atoms with Crippen LogP contribution in [-0.4, -0.2) is 45.8 Å². The minimum absolute atomic E-state index is 0.00612. The summed E-state index contributed by atoms with van der Waals surface area (Å²) in [6.45, 7) is 0.170. The summed E-state index contributed by atoms with van der Waals surface area (Å²) < 4.78 is 48.0. The third kappa shape index (κ3) is 4.23. The van der Waals surface area contributed by atoms with Crippen LogP contribution in [0, 0.1) is 11.6 Å². The summed E-state index contributed by atoms with van der Waals surface area (Å²) in [5.41, 5.74) is 3.02. The predicted octanol–water partition coefficient (Wildman–Crippen LogP) is 2.79. The van der Waals surface area contributed by atoms with Crippen LogP contribution in [0.1, 0.15) is 24.3 Å². The van der Waals surface area contributed by atoms with Gasteiger partial charge in [-0.05, 0) is 28.1 Å². The molecule has 1 amide bonds. The van der Waals surface area contributed by atoms with Crippen LogP contribution in [0.25, 0.3) is 11.3 Å². The highest BCUT2D eigenvalue weighted by molar-refractivity contribution is 9.10. The summed E-state index contributed by atoms with van der Waals surface area (Å²) in [6, 6.07) is 11.7. The van der Waals surface area contributed by atoms with Gasteiger partial charge >= 0.3 is 0 Å². The highest BCUT2D eigenvalue weighted by Crippen LogP contribution is 2.39. The highest BCUT2D eigenvalue weighted by Gasteiger charge is 2.47. The van der Waals surface area contributed by atoms with Crippen LogP contribution in [0.4, 0.5) is 8.78 Å². The zero-order valence-electron chi connectivity index (χ0n) is 17.6. The fourth-order valence-electron chi connectivity index (χ4n) is 4.21. The van der Waals surface area contributed by atoms with Crippen molar-refractivity contribution in [2.75, 3.05) is 6.61 Å². The van der Waals surface area contributed by atoms with E-state index in [2.05, 4.69) is 31.7 Å². The van der Waals surface area contributed by atoms with Crippen molar-refractivity contribution < 1.29 is 27.8 Å². The number of hydrogen-bond acceptors (Lipinski definition) is 7. The van der Waals surface area contributed by atoms with Crippen molar-refractivity contribution in [2.24, 2.45) is 5.84 Å². The van der Waals surface area contributed by atoms with Crippen LogP contribution in [0.5, 0.6) is 0 Å². The molecule has 2 saturated heterocycles. The predicted molar refractivity (Wildman–Crippen MR) is 118 cm³/mol. The Labute approximate surface area is 201 Å². The van der Waals surface area contributed by atoms with Gasteiger partial charge in [-0.3, -0.25) is 10.2 Å². The van der Waals surface area contributed by atoms with Crippen LogP contribution in [0.3, 0.4) is 0 Å². The van der Waals surface area contributed by atoms with Crippen LogP contribution < -0.4 is 11.3 Å². The van der Waals surface area contributed by atoms with Crippen molar-refractivity contribution in [3.8, 4) is 11.3 Å². The van der Waals surface area contributed by atoms with E-state index in [4.69, 9.17) is 20.1 Å². The molecule has 5 rings (SSSR count). The Balaban J connectivity index is 1.47. The number of nitrogens with zero attached hydrogens (tertiary/aromatic N) is 3. The molecule has 1 aromatic heterocycles. The minimum Gasteiger partial charge on any atom is -0.360 e. The minimum atomic E-state index is -1.04. The molecule has 0 aliphatic carbocycles. The number of fused-ring (bicyclic) bond motifs is 1. The molecule has 2 aliphatic rings. The van der Waals surface area contributed by atoms with Crippen LogP contribution >= 0.6 is 15.9 Å². The molecule has 3 heterocycles. The Kier molecular flexibility index (Phi) is 6.40. The second-order valence-corrected chi connectivity index (χ2v) is 8.81. The molecule has 3 aromatic rings. The maximum Gasteiger partial charge on any atom is 0.263 e. The zero-order valence-corrected chi connectivity index (χ0v) is 19.2. The fraction of sp³-hybridized carbons (Fsp3) is 0.318. The molecule has 2 aromatic carbocycles. The van der Waals surface area contributed by atoms with Crippen LogP contribution in [-0.2, 0) is 19.0 Å². The number of ether oxygens (including phenoxy) is 3. The standard InChI is InChI=1S/C22H20BrF2N5O4/c23-13-7-6-12(18(24)19(13)25)14-9-30(29-28-14)15-8-16(21(31)27-26)33-17-10-32-22(34-20(15)17)11-4-2-1-3-5-11/h1-7,9,15-17,20,22H,8,10,26H2,(H,27,31). The van der Waals surface area contributed by atoms with E-state index < -0.39 is 48.2 Å². The fourth-order valence-corrected chi connectivity index (χ4v) is 4.52. The molecule has 34 heavy (non-hydrogen) atoms. The summed E-state index contributed by atoms with van der Waals surface area (Å²) in [7, 11) is 0. The molecular weight excluding hydrogens is 516 g/mol. The first-order chi connectivity index (χ1) is 16.5. The monoisotopic (exact) mass is 535 g/mol. The largest absolute Gasteiger partial charge is 0.360 e. The Hall–Kier alpha value is -2.77. The molecule has 2 aliphatic heterocycles. The molecule has 5 unspecified atom stereocenters. The lowest BCUT2D eigenvalue weighted by atomic mass is 9.94. The lowest BCUT2D eigenvalue weighted by Crippen LogP contribution is -2.56. The van der Waals surface area contributed by atoms with Crippen LogP contribution in [0.15, 0.2) is 53.1 Å². The average Bonchev–Trinajstić information content (AvgIpc) is 3.36. The van der Waals surface area contributed by atoms with Gasteiger partial charge in [0.15, 0.2) is 17.9 Å². The van der Waals surface area contributed by atoms with Gasteiger partial charge in [0, 0.05) is 17.5 Å². The molecule has 0 bridgehead atoms. The van der Waals surface area contributed by atoms with Crippen molar-refractivity contribution in [1.29, 1.82) is 0 Å². The van der Waals surface area contributed by atoms with Crippen molar-refractivity contribution in [3.63, 3.8) is 0 Å². The number of carbonyl (C=O) groups excluding carboxylic acids is 1. The van der Waals surface area contributed by atoms with Crippen molar-refractivity contribution >= 4 is 21.8 Å². The van der Waals surface area contributed by atoms with Gasteiger partial charge in [0.25, 0.3) is 5.91 Å². The third-order valence-electron chi connectivity index (χ3n) is 5.90. The Morgan fingerprint density at radius 2 is 1.94 bits per heavy atom. The van der Waals surface area contributed by atoms with Gasteiger partial charge in [-0.15, -0.1) is 5.10 Å². The van der Waals surface area contributed by atoms with Crippen molar-refractivity contribution in [1.82, 2.24) is 20.4 Å². The first-order valence-corrected chi connectivity index (χ1v) is 11.3. The number of hydrogen-bond donors (Lipinski definition) is 2. The second kappa shape index (κ2) is 9.47. The quantitative estimate of drug-likeness (QED) is 0.228. The number of benzene rings is 2. The van der Waals surface area contributed by atoms with Crippen molar-refractivity contribution in [3.05, 3.63) is 70.3 Å². The first-order valence-electron chi connectivity index (χ1n) is 10.5. The molecule has 0 saturated carbocycles. The van der Waals surface area contributed by atoms with E-state index in [-0.39, 0.29) is 28.8 Å². The van der Waals surface area contributed by atoms with E-state index in [0.29, 0.717) is 0 Å². The highest BCUT2D eigenvalue weighted by atomic mass is 79.9. The maximum atomic E-state index is 14.5. The van der Waals surface area contributed by atoms with E-state index in [9.17, 15) is 13.6 Å². The molecule has 178 valence electrons. The number of rotatable bonds is 4. The molecule has 9 nitrogen and oxygen atoms in total. The van der Waals surface area contributed by atoms with Gasteiger partial charge in [-0.2, -0.15) is 0 Å². The lowest BCUT2D eigenvalue weighted by molar-refractivity contribution is -0.297. The zero-order chi connectivity index (χ0) is 23.8. The summed E-state index contributed by atoms with van der Waals surface area (Å²) in [6.07, 6.45) is -1.00. The van der Waals surface area contributed by atoms with Gasteiger partial charge in [-0.1, -0.05) is 35.5 Å². The topological polar surface area (TPSA) is 114 Å². The number of hydrazine groups is 1. The molecule has 0 radical (unpaired) electrons. The molecule has 0 spiro atoms. The molecule has 12 heteroatoms. The van der Waals surface area contributed by atoms with Gasteiger partial charge in [0.1, 0.15) is 24.0 Å². The van der Waals surface area contributed by atoms with E-state index in [1.165, 1.54) is 23.0 Å². The second-order valence-electron chi connectivity index (χ2n) is 7.96. The third-order valence-corrected chi connectivity index (χ3v) is 6.51. The average molecular weight is 536 g/mol. The van der Waals surface area contributed by atoms with Gasteiger partial charge in [-0.25, -0.2) is 19.3 Å². The SMILES string of the molecule is NNC(=O)C1CC(n2cc(-c3ccc(Br)c(F)c3F)nn2)C2OC(c3ccccc3)OCC2O1. The smallest absolute Gasteiger partial charge is 0.263 e. The maximum absolute atomic E-state index is 14.5. The number of nitrogens with two attached hydrogens (primary N) is 1. The normalized spacial score (nSPS) is 26.6. The van der Waals surface area contributed by atoms with E-state index in [1.54, 1.807) is 0 Å². The Morgan fingerprint density at radius 1 is 1.15 bits per heavy atom. The van der Waals surface area contributed by atoms with Gasteiger partial charge in [0.2, 0.25) is 0 Å². The van der Waals surface area contributed by atoms with Gasteiger partial charge in [0.05, 0.1) is 23.3 Å². The van der Waals surface area contributed by atoms with Crippen LogP contribution in [0.2, 0.25) is 0 Å². The summed E-state index contributed by atoms with van der Waals surface area (Å²) in [5, 5.41) is 8.18. The Bertz CT molecular complexity index is 1200. The van der Waals surface area contributed by atoms with E-state index in [1.807, 2.05) is 30.3 Å². The molecule has 2 fully saturated rings. The van der Waals surface area contributed by atoms with E-state index in [0.717, 1.165) is 5.56 Å². The first kappa shape index (κ1) is 23.0. The summed E-state index contributed by atoms with van der Waals surface area (Å²) >= 11 is 2.96. The van der Waals surface area contributed by atoms with E-state index >= 15 is 0 Å².